The van der Waals surface area contributed by atoms with Gasteiger partial charge in [-0.3, -0.25) is 9.10 Å². The number of halogens is 1. The van der Waals surface area contributed by atoms with Crippen LogP contribution in [0.5, 0.6) is 0 Å². The van der Waals surface area contributed by atoms with Gasteiger partial charge in [-0.05, 0) is 73.6 Å². The lowest BCUT2D eigenvalue weighted by atomic mass is 9.95. The molecule has 1 N–H and O–H groups in total. The fourth-order valence-electron chi connectivity index (χ4n) is 4.42. The first kappa shape index (κ1) is 19.3. The van der Waals surface area contributed by atoms with E-state index in [1.165, 1.54) is 42.7 Å². The molecule has 5 nitrogen and oxygen atoms in total. The van der Waals surface area contributed by atoms with Crippen LogP contribution in [-0.2, 0) is 10.0 Å². The first-order valence-electron chi connectivity index (χ1n) is 9.50. The summed E-state index contributed by atoms with van der Waals surface area (Å²) in [5.41, 5.74) is 0.911. The van der Waals surface area contributed by atoms with E-state index in [-0.39, 0.29) is 16.8 Å². The molecular weight excluding hydrogens is 396 g/mol. The van der Waals surface area contributed by atoms with E-state index >= 15 is 0 Å². The summed E-state index contributed by atoms with van der Waals surface area (Å²) in [5.74, 6) is 1.19. The molecule has 2 saturated carbocycles. The Morgan fingerprint density at radius 2 is 1.86 bits per heavy atom. The molecule has 0 aromatic heterocycles. The van der Waals surface area contributed by atoms with E-state index < -0.39 is 10.0 Å². The average Bonchev–Trinajstić information content (AvgIpc) is 3.31. The van der Waals surface area contributed by atoms with Crippen molar-refractivity contribution in [2.24, 2.45) is 11.8 Å². The number of nitrogens with zero attached hydrogens (tertiary/aromatic N) is 1. The van der Waals surface area contributed by atoms with Crippen LogP contribution in [0, 0.1) is 11.8 Å². The van der Waals surface area contributed by atoms with Gasteiger partial charge in [-0.1, -0.05) is 24.1 Å². The van der Waals surface area contributed by atoms with E-state index in [4.69, 9.17) is 11.6 Å². The first-order valence-corrected chi connectivity index (χ1v) is 11.3. The maximum absolute atomic E-state index is 12.9. The van der Waals surface area contributed by atoms with Crippen molar-refractivity contribution in [3.8, 4) is 0 Å². The number of benzene rings is 2. The number of fused-ring (bicyclic) bond motifs is 2. The molecule has 1 amide bonds. The van der Waals surface area contributed by atoms with Gasteiger partial charge in [0, 0.05) is 23.7 Å². The monoisotopic (exact) mass is 418 g/mol. The number of carbonyl (C=O) groups is 1. The topological polar surface area (TPSA) is 66.5 Å². The molecule has 0 spiro atoms. The minimum absolute atomic E-state index is 0.142. The average molecular weight is 419 g/mol. The predicted octanol–water partition coefficient (Wildman–Crippen LogP) is 4.08. The SMILES string of the molecule is CN(c1cccc(C(=O)N[C@@H]2CC3CCC2C3)c1)S(=O)(=O)c1ccc(Cl)cc1. The third-order valence-electron chi connectivity index (χ3n) is 6.00. The molecule has 2 fully saturated rings. The summed E-state index contributed by atoms with van der Waals surface area (Å²) in [6, 6.07) is 13.0. The number of carbonyl (C=O) groups excluding carboxylic acids is 1. The van der Waals surface area contributed by atoms with Gasteiger partial charge in [-0.15, -0.1) is 0 Å². The maximum atomic E-state index is 12.9. The Kier molecular flexibility index (Phi) is 5.10. The summed E-state index contributed by atoms with van der Waals surface area (Å²) in [5, 5.41) is 3.62. The third-order valence-corrected chi connectivity index (χ3v) is 8.05. The van der Waals surface area contributed by atoms with Gasteiger partial charge in [0.1, 0.15) is 0 Å². The molecule has 0 radical (unpaired) electrons. The summed E-state index contributed by atoms with van der Waals surface area (Å²) in [7, 11) is -2.25. The van der Waals surface area contributed by atoms with Crippen molar-refractivity contribution in [3.05, 3.63) is 59.1 Å². The minimum atomic E-state index is -3.74. The molecule has 2 unspecified atom stereocenters. The van der Waals surface area contributed by atoms with Crippen LogP contribution in [0.1, 0.15) is 36.0 Å². The zero-order valence-electron chi connectivity index (χ0n) is 15.6. The Morgan fingerprint density at radius 3 is 2.50 bits per heavy atom. The highest BCUT2D eigenvalue weighted by molar-refractivity contribution is 7.92. The zero-order valence-corrected chi connectivity index (χ0v) is 17.2. The molecule has 0 saturated heterocycles. The Morgan fingerprint density at radius 1 is 1.11 bits per heavy atom. The quantitative estimate of drug-likeness (QED) is 0.795. The summed E-state index contributed by atoms with van der Waals surface area (Å²) in [6.07, 6.45) is 4.74. The molecule has 28 heavy (non-hydrogen) atoms. The Balaban J connectivity index is 1.52. The van der Waals surface area contributed by atoms with Crippen molar-refractivity contribution in [2.45, 2.75) is 36.6 Å². The van der Waals surface area contributed by atoms with Crippen LogP contribution in [-0.4, -0.2) is 27.4 Å². The fraction of sp³-hybridized carbons (Fsp3) is 0.381. The van der Waals surface area contributed by atoms with Crippen LogP contribution in [0.25, 0.3) is 0 Å². The smallest absolute Gasteiger partial charge is 0.264 e. The molecule has 2 aromatic carbocycles. The van der Waals surface area contributed by atoms with Gasteiger partial charge >= 0.3 is 0 Å². The van der Waals surface area contributed by atoms with Crippen molar-refractivity contribution >= 4 is 33.2 Å². The van der Waals surface area contributed by atoms with E-state index in [0.29, 0.717) is 22.2 Å². The molecule has 2 aliphatic carbocycles. The largest absolute Gasteiger partial charge is 0.349 e. The van der Waals surface area contributed by atoms with Crippen LogP contribution in [0.15, 0.2) is 53.4 Å². The van der Waals surface area contributed by atoms with Gasteiger partial charge in [0.25, 0.3) is 15.9 Å². The third kappa shape index (κ3) is 3.63. The highest BCUT2D eigenvalue weighted by Gasteiger charge is 2.40. The van der Waals surface area contributed by atoms with Gasteiger partial charge < -0.3 is 5.32 Å². The summed E-state index contributed by atoms with van der Waals surface area (Å²) < 4.78 is 26.9. The number of sulfonamides is 1. The molecule has 4 rings (SSSR count). The van der Waals surface area contributed by atoms with E-state index in [1.54, 1.807) is 36.4 Å². The van der Waals surface area contributed by atoms with Crippen LogP contribution >= 0.6 is 11.6 Å². The lowest BCUT2D eigenvalue weighted by molar-refractivity contribution is 0.0923. The van der Waals surface area contributed by atoms with Crippen LogP contribution in [0.2, 0.25) is 5.02 Å². The van der Waals surface area contributed by atoms with Gasteiger partial charge in [0.2, 0.25) is 0 Å². The minimum Gasteiger partial charge on any atom is -0.349 e. The maximum Gasteiger partial charge on any atom is 0.264 e. The number of anilines is 1. The summed E-state index contributed by atoms with van der Waals surface area (Å²) in [6.45, 7) is 0. The van der Waals surface area contributed by atoms with Gasteiger partial charge in [0.05, 0.1) is 10.6 Å². The first-order chi connectivity index (χ1) is 13.3. The molecule has 0 aliphatic heterocycles. The number of nitrogens with one attached hydrogen (secondary N) is 1. The normalized spacial score (nSPS) is 23.6. The van der Waals surface area contributed by atoms with Gasteiger partial charge in [-0.2, -0.15) is 0 Å². The van der Waals surface area contributed by atoms with Crippen LogP contribution in [0.3, 0.4) is 0 Å². The molecule has 148 valence electrons. The molecular formula is C21H23ClN2O3S. The van der Waals surface area contributed by atoms with Crippen molar-refractivity contribution in [2.75, 3.05) is 11.4 Å². The Hall–Kier alpha value is -2.05. The van der Waals surface area contributed by atoms with E-state index in [9.17, 15) is 13.2 Å². The second kappa shape index (κ2) is 7.41. The van der Waals surface area contributed by atoms with Crippen molar-refractivity contribution in [1.82, 2.24) is 5.32 Å². The Labute approximate surface area is 170 Å². The molecule has 0 heterocycles. The number of hydrogen-bond donors (Lipinski definition) is 1. The highest BCUT2D eigenvalue weighted by Crippen LogP contribution is 2.44. The Bertz CT molecular complexity index is 991. The van der Waals surface area contributed by atoms with Crippen LogP contribution in [0.4, 0.5) is 5.69 Å². The molecule has 2 bridgehead atoms. The second-order valence-corrected chi connectivity index (χ2v) is 10.1. The van der Waals surface area contributed by atoms with Crippen molar-refractivity contribution < 1.29 is 13.2 Å². The molecule has 2 aliphatic rings. The summed E-state index contributed by atoms with van der Waals surface area (Å²) >= 11 is 5.85. The lowest BCUT2D eigenvalue weighted by Gasteiger charge is -2.23. The standard InChI is InChI=1S/C21H23ClN2O3S/c1-24(28(26,27)19-9-7-17(22)8-10-19)18-4-2-3-16(13-18)21(25)23-20-12-14-5-6-15(20)11-14/h2-4,7-10,13-15,20H,5-6,11-12H2,1H3,(H,23,25)/t14?,15?,20-/m1/s1. The summed E-state index contributed by atoms with van der Waals surface area (Å²) in [4.78, 5) is 12.9. The van der Waals surface area contributed by atoms with E-state index in [2.05, 4.69) is 5.32 Å². The van der Waals surface area contributed by atoms with Crippen LogP contribution < -0.4 is 9.62 Å². The zero-order chi connectivity index (χ0) is 19.9. The fourth-order valence-corrected chi connectivity index (χ4v) is 5.73. The highest BCUT2D eigenvalue weighted by atomic mass is 35.5. The molecule has 7 heteroatoms. The van der Waals surface area contributed by atoms with Gasteiger partial charge in [0.15, 0.2) is 0 Å². The molecule has 3 atom stereocenters. The molecule has 2 aromatic rings. The lowest BCUT2D eigenvalue weighted by Crippen LogP contribution is -2.38. The number of hydrogen-bond acceptors (Lipinski definition) is 3. The van der Waals surface area contributed by atoms with E-state index in [0.717, 1.165) is 12.3 Å². The van der Waals surface area contributed by atoms with Crippen molar-refractivity contribution in [1.29, 1.82) is 0 Å². The van der Waals surface area contributed by atoms with Gasteiger partial charge in [-0.25, -0.2) is 8.42 Å². The number of rotatable bonds is 5. The second-order valence-electron chi connectivity index (χ2n) is 7.73. The van der Waals surface area contributed by atoms with Crippen molar-refractivity contribution in [3.63, 3.8) is 0 Å². The predicted molar refractivity (Wildman–Crippen MR) is 110 cm³/mol. The number of amides is 1. The van der Waals surface area contributed by atoms with E-state index in [1.807, 2.05) is 0 Å².